The van der Waals surface area contributed by atoms with Crippen LogP contribution in [0.5, 0.6) is 5.75 Å². The summed E-state index contributed by atoms with van der Waals surface area (Å²) in [5.74, 6) is 0.763. The van der Waals surface area contributed by atoms with E-state index in [4.69, 9.17) is 4.74 Å². The third-order valence-corrected chi connectivity index (χ3v) is 3.71. The van der Waals surface area contributed by atoms with Crippen molar-refractivity contribution in [3.8, 4) is 5.75 Å². The van der Waals surface area contributed by atoms with Crippen LogP contribution in [0, 0.1) is 34.6 Å². The average Bonchev–Trinajstić information content (AvgIpc) is 2.45. The molecule has 0 aliphatic rings. The van der Waals surface area contributed by atoms with E-state index in [2.05, 4.69) is 16.4 Å². The van der Waals surface area contributed by atoms with Crippen LogP contribution in [0.3, 0.4) is 0 Å². The standard InChI is InChI=1S/C19H24N2O2/c1-12-6-7-17(13(2)10-12)23-9-8-18(22)21-19-14(3)11-15(4)20-16(19)5/h6-7,10-11H,8-9H2,1-5H3,(H,21,22). The Kier molecular flexibility index (Phi) is 5.37. The van der Waals surface area contributed by atoms with Crippen LogP contribution in [-0.2, 0) is 4.79 Å². The van der Waals surface area contributed by atoms with Gasteiger partial charge < -0.3 is 10.1 Å². The summed E-state index contributed by atoms with van der Waals surface area (Å²) in [5, 5.41) is 2.93. The molecule has 122 valence electrons. The molecule has 0 atom stereocenters. The van der Waals surface area contributed by atoms with Crippen molar-refractivity contribution < 1.29 is 9.53 Å². The lowest BCUT2D eigenvalue weighted by Gasteiger charge is -2.13. The molecule has 2 rings (SSSR count). The van der Waals surface area contributed by atoms with Gasteiger partial charge in [0.25, 0.3) is 0 Å². The molecule has 23 heavy (non-hydrogen) atoms. The minimum absolute atomic E-state index is 0.0633. The number of aryl methyl sites for hydroxylation is 5. The van der Waals surface area contributed by atoms with Gasteiger partial charge in [0, 0.05) is 5.69 Å². The summed E-state index contributed by atoms with van der Waals surface area (Å²) in [5.41, 5.74) is 5.90. The minimum atomic E-state index is -0.0633. The monoisotopic (exact) mass is 312 g/mol. The lowest BCUT2D eigenvalue weighted by molar-refractivity contribution is -0.116. The number of hydrogen-bond acceptors (Lipinski definition) is 3. The van der Waals surface area contributed by atoms with Crippen molar-refractivity contribution in [1.29, 1.82) is 0 Å². The predicted octanol–water partition coefficient (Wildman–Crippen LogP) is 4.03. The molecule has 4 heteroatoms. The number of ether oxygens (including phenoxy) is 1. The molecule has 1 amide bonds. The van der Waals surface area contributed by atoms with Crippen LogP contribution in [0.2, 0.25) is 0 Å². The largest absolute Gasteiger partial charge is 0.493 e. The first kappa shape index (κ1) is 17.0. The fourth-order valence-corrected chi connectivity index (χ4v) is 2.63. The van der Waals surface area contributed by atoms with Gasteiger partial charge in [0.1, 0.15) is 5.75 Å². The number of nitrogens with zero attached hydrogens (tertiary/aromatic N) is 1. The van der Waals surface area contributed by atoms with Gasteiger partial charge in [-0.3, -0.25) is 9.78 Å². The Morgan fingerprint density at radius 3 is 2.48 bits per heavy atom. The lowest BCUT2D eigenvalue weighted by atomic mass is 10.1. The van der Waals surface area contributed by atoms with Crippen molar-refractivity contribution in [3.05, 3.63) is 52.3 Å². The van der Waals surface area contributed by atoms with E-state index in [9.17, 15) is 4.79 Å². The number of aromatic nitrogens is 1. The van der Waals surface area contributed by atoms with E-state index in [0.717, 1.165) is 34.0 Å². The van der Waals surface area contributed by atoms with Crippen LogP contribution in [0.1, 0.15) is 34.5 Å². The molecular formula is C19H24N2O2. The van der Waals surface area contributed by atoms with E-state index in [-0.39, 0.29) is 5.91 Å². The summed E-state index contributed by atoms with van der Waals surface area (Å²) in [6.45, 7) is 10.2. The SMILES string of the molecule is Cc1ccc(OCCC(=O)Nc2c(C)cc(C)nc2C)c(C)c1. The second kappa shape index (κ2) is 7.27. The van der Waals surface area contributed by atoms with Crippen LogP contribution in [-0.4, -0.2) is 17.5 Å². The zero-order chi connectivity index (χ0) is 17.0. The molecule has 0 spiro atoms. The molecule has 0 unspecified atom stereocenters. The highest BCUT2D eigenvalue weighted by Crippen LogP contribution is 2.20. The second-order valence-corrected chi connectivity index (χ2v) is 5.96. The molecule has 0 radical (unpaired) electrons. The number of carbonyl (C=O) groups excluding carboxylic acids is 1. The molecule has 0 fully saturated rings. The summed E-state index contributed by atoms with van der Waals surface area (Å²) in [6, 6.07) is 7.99. The minimum Gasteiger partial charge on any atom is -0.493 e. The molecule has 0 aliphatic heterocycles. The summed E-state index contributed by atoms with van der Waals surface area (Å²) in [7, 11) is 0. The van der Waals surface area contributed by atoms with Gasteiger partial charge in [-0.2, -0.15) is 0 Å². The van der Waals surface area contributed by atoms with E-state index >= 15 is 0 Å². The van der Waals surface area contributed by atoms with E-state index in [1.165, 1.54) is 5.56 Å². The summed E-state index contributed by atoms with van der Waals surface area (Å²) >= 11 is 0. The van der Waals surface area contributed by atoms with Gasteiger partial charge in [0.15, 0.2) is 0 Å². The molecule has 0 saturated carbocycles. The molecule has 1 aromatic carbocycles. The van der Waals surface area contributed by atoms with Crippen LogP contribution in [0.25, 0.3) is 0 Å². The number of carbonyl (C=O) groups is 1. The fourth-order valence-electron chi connectivity index (χ4n) is 2.63. The van der Waals surface area contributed by atoms with Gasteiger partial charge in [0.2, 0.25) is 5.91 Å². The Bertz CT molecular complexity index is 700. The Labute approximate surface area is 137 Å². The summed E-state index contributed by atoms with van der Waals surface area (Å²) in [6.07, 6.45) is 0.306. The highest BCUT2D eigenvalue weighted by molar-refractivity contribution is 5.92. The Morgan fingerprint density at radius 1 is 1.09 bits per heavy atom. The molecule has 2 aromatic rings. The number of pyridine rings is 1. The maximum atomic E-state index is 12.1. The third-order valence-electron chi connectivity index (χ3n) is 3.71. The van der Waals surface area contributed by atoms with Gasteiger partial charge in [-0.05, 0) is 57.9 Å². The lowest BCUT2D eigenvalue weighted by Crippen LogP contribution is -2.17. The normalized spacial score (nSPS) is 10.5. The Hall–Kier alpha value is -2.36. The van der Waals surface area contributed by atoms with Crippen LogP contribution >= 0.6 is 0 Å². The first-order valence-electron chi connectivity index (χ1n) is 7.81. The van der Waals surface area contributed by atoms with Crippen LogP contribution in [0.4, 0.5) is 5.69 Å². The highest BCUT2D eigenvalue weighted by Gasteiger charge is 2.10. The van der Waals surface area contributed by atoms with Crippen molar-refractivity contribution in [2.45, 2.75) is 41.0 Å². The molecular weight excluding hydrogens is 288 g/mol. The van der Waals surface area contributed by atoms with Crippen molar-refractivity contribution in [2.24, 2.45) is 0 Å². The van der Waals surface area contributed by atoms with Crippen LogP contribution < -0.4 is 10.1 Å². The zero-order valence-electron chi connectivity index (χ0n) is 14.5. The second-order valence-electron chi connectivity index (χ2n) is 5.96. The topological polar surface area (TPSA) is 51.2 Å². The Balaban J connectivity index is 1.91. The van der Waals surface area contributed by atoms with E-state index in [1.807, 2.05) is 52.8 Å². The third kappa shape index (κ3) is 4.55. The number of rotatable bonds is 5. The first-order chi connectivity index (χ1) is 10.9. The van der Waals surface area contributed by atoms with Crippen molar-refractivity contribution in [3.63, 3.8) is 0 Å². The molecule has 1 aromatic heterocycles. The smallest absolute Gasteiger partial charge is 0.227 e. The first-order valence-corrected chi connectivity index (χ1v) is 7.81. The molecule has 0 saturated heterocycles. The number of amides is 1. The van der Waals surface area contributed by atoms with E-state index in [1.54, 1.807) is 0 Å². The predicted molar refractivity (Wildman–Crippen MR) is 93.1 cm³/mol. The Morgan fingerprint density at radius 2 is 1.83 bits per heavy atom. The quantitative estimate of drug-likeness (QED) is 0.907. The molecule has 0 aliphatic carbocycles. The van der Waals surface area contributed by atoms with Gasteiger partial charge >= 0.3 is 0 Å². The molecule has 0 bridgehead atoms. The maximum absolute atomic E-state index is 12.1. The molecule has 1 N–H and O–H groups in total. The summed E-state index contributed by atoms with van der Waals surface area (Å²) in [4.78, 5) is 16.5. The van der Waals surface area contributed by atoms with Crippen LogP contribution in [0.15, 0.2) is 24.3 Å². The number of benzene rings is 1. The number of anilines is 1. The van der Waals surface area contributed by atoms with E-state index < -0.39 is 0 Å². The fraction of sp³-hybridized carbons (Fsp3) is 0.368. The van der Waals surface area contributed by atoms with Gasteiger partial charge in [-0.15, -0.1) is 0 Å². The summed E-state index contributed by atoms with van der Waals surface area (Å²) < 4.78 is 5.70. The highest BCUT2D eigenvalue weighted by atomic mass is 16.5. The van der Waals surface area contributed by atoms with E-state index in [0.29, 0.717) is 13.0 Å². The average molecular weight is 312 g/mol. The number of nitrogens with one attached hydrogen (secondary N) is 1. The van der Waals surface area contributed by atoms with Gasteiger partial charge in [-0.1, -0.05) is 17.7 Å². The van der Waals surface area contributed by atoms with Gasteiger partial charge in [-0.25, -0.2) is 0 Å². The zero-order valence-corrected chi connectivity index (χ0v) is 14.5. The maximum Gasteiger partial charge on any atom is 0.227 e. The van der Waals surface area contributed by atoms with Crippen molar-refractivity contribution >= 4 is 11.6 Å². The molecule has 4 nitrogen and oxygen atoms in total. The van der Waals surface area contributed by atoms with Crippen molar-refractivity contribution in [1.82, 2.24) is 4.98 Å². The van der Waals surface area contributed by atoms with Crippen molar-refractivity contribution in [2.75, 3.05) is 11.9 Å². The number of hydrogen-bond donors (Lipinski definition) is 1. The molecule has 1 heterocycles. The van der Waals surface area contributed by atoms with Gasteiger partial charge in [0.05, 0.1) is 24.4 Å².